The number of alkyl halides is 3. The van der Waals surface area contributed by atoms with Crippen molar-refractivity contribution in [1.82, 2.24) is 9.88 Å². The first kappa shape index (κ1) is 16.6. The fourth-order valence-corrected chi connectivity index (χ4v) is 2.38. The van der Waals surface area contributed by atoms with Crippen molar-refractivity contribution in [1.29, 1.82) is 0 Å². The molecule has 1 saturated heterocycles. The summed E-state index contributed by atoms with van der Waals surface area (Å²) in [5.74, 6) is -0.128. The van der Waals surface area contributed by atoms with Crippen LogP contribution >= 0.6 is 0 Å². The van der Waals surface area contributed by atoms with Crippen LogP contribution in [0.2, 0.25) is 0 Å². The normalized spacial score (nSPS) is 19.4. The third-order valence-corrected chi connectivity index (χ3v) is 3.39. The highest BCUT2D eigenvalue weighted by Gasteiger charge is 2.35. The Bertz CT molecular complexity index is 552. The first-order valence-corrected chi connectivity index (χ1v) is 7.07. The van der Waals surface area contributed by atoms with E-state index in [1.807, 2.05) is 0 Å². The van der Waals surface area contributed by atoms with Crippen LogP contribution < -0.4 is 0 Å². The zero-order valence-corrected chi connectivity index (χ0v) is 12.8. The molecule has 1 aliphatic heterocycles. The third kappa shape index (κ3) is 4.11. The van der Waals surface area contributed by atoms with E-state index in [0.717, 1.165) is 12.3 Å². The summed E-state index contributed by atoms with van der Waals surface area (Å²) >= 11 is 0. The van der Waals surface area contributed by atoms with Crippen molar-refractivity contribution in [3.05, 3.63) is 29.6 Å². The first-order chi connectivity index (χ1) is 10.1. The SMILES string of the molecule is CC(C)(C)OC(=O)N1CCC(c2ccnc(C(F)(F)F)c2)C1. The molecule has 0 radical (unpaired) electrons. The molecule has 122 valence electrons. The van der Waals surface area contributed by atoms with E-state index in [-0.39, 0.29) is 5.92 Å². The highest BCUT2D eigenvalue weighted by molar-refractivity contribution is 5.68. The molecule has 0 spiro atoms. The number of pyridine rings is 1. The van der Waals surface area contributed by atoms with Gasteiger partial charge in [-0.05, 0) is 44.9 Å². The molecule has 2 heterocycles. The lowest BCUT2D eigenvalue weighted by Crippen LogP contribution is -2.35. The molecule has 1 amide bonds. The average Bonchev–Trinajstić information content (AvgIpc) is 2.85. The molecular formula is C15H19F3N2O2. The van der Waals surface area contributed by atoms with Gasteiger partial charge >= 0.3 is 12.3 Å². The maximum Gasteiger partial charge on any atom is 0.433 e. The summed E-state index contributed by atoms with van der Waals surface area (Å²) in [6, 6.07) is 2.63. The van der Waals surface area contributed by atoms with Crippen molar-refractivity contribution < 1.29 is 22.7 Å². The Labute approximate surface area is 127 Å². The summed E-state index contributed by atoms with van der Waals surface area (Å²) in [4.78, 5) is 16.9. The number of hydrogen-bond donors (Lipinski definition) is 0. The van der Waals surface area contributed by atoms with Crippen LogP contribution in [0.25, 0.3) is 0 Å². The molecule has 1 aliphatic rings. The van der Waals surface area contributed by atoms with Crippen LogP contribution in [-0.4, -0.2) is 34.7 Å². The summed E-state index contributed by atoms with van der Waals surface area (Å²) in [6.07, 6.45) is -3.12. The number of aromatic nitrogens is 1. The molecule has 1 aromatic heterocycles. The number of carbonyl (C=O) groups is 1. The van der Waals surface area contributed by atoms with Gasteiger partial charge < -0.3 is 9.64 Å². The van der Waals surface area contributed by atoms with E-state index in [0.29, 0.717) is 25.1 Å². The Morgan fingerprint density at radius 2 is 2.05 bits per heavy atom. The molecule has 2 rings (SSSR count). The van der Waals surface area contributed by atoms with Gasteiger partial charge in [-0.2, -0.15) is 13.2 Å². The zero-order chi connectivity index (χ0) is 16.5. The number of halogens is 3. The van der Waals surface area contributed by atoms with Crippen LogP contribution in [0.15, 0.2) is 18.3 Å². The Kier molecular flexibility index (Phi) is 4.35. The van der Waals surface area contributed by atoms with Crippen molar-refractivity contribution in [2.45, 2.75) is 44.9 Å². The molecule has 7 heteroatoms. The minimum absolute atomic E-state index is 0.128. The highest BCUT2D eigenvalue weighted by Crippen LogP contribution is 2.32. The van der Waals surface area contributed by atoms with E-state index >= 15 is 0 Å². The van der Waals surface area contributed by atoms with Gasteiger partial charge in [0.1, 0.15) is 11.3 Å². The van der Waals surface area contributed by atoms with Gasteiger partial charge in [-0.25, -0.2) is 4.79 Å². The van der Waals surface area contributed by atoms with E-state index in [9.17, 15) is 18.0 Å². The van der Waals surface area contributed by atoms with Crippen LogP contribution in [0.1, 0.15) is 44.4 Å². The molecule has 1 unspecified atom stereocenters. The fourth-order valence-electron chi connectivity index (χ4n) is 2.38. The molecule has 0 bridgehead atoms. The number of nitrogens with zero attached hydrogens (tertiary/aromatic N) is 2. The maximum absolute atomic E-state index is 12.7. The van der Waals surface area contributed by atoms with Crippen molar-refractivity contribution in [3.63, 3.8) is 0 Å². The molecule has 1 fully saturated rings. The van der Waals surface area contributed by atoms with E-state index in [4.69, 9.17) is 4.74 Å². The Balaban J connectivity index is 2.06. The lowest BCUT2D eigenvalue weighted by atomic mass is 9.99. The minimum atomic E-state index is -4.46. The fraction of sp³-hybridized carbons (Fsp3) is 0.600. The summed E-state index contributed by atoms with van der Waals surface area (Å²) in [5, 5.41) is 0. The lowest BCUT2D eigenvalue weighted by Gasteiger charge is -2.24. The maximum atomic E-state index is 12.7. The van der Waals surface area contributed by atoms with Gasteiger partial charge in [0.05, 0.1) is 0 Å². The van der Waals surface area contributed by atoms with Crippen molar-refractivity contribution in [2.75, 3.05) is 13.1 Å². The second kappa shape index (κ2) is 5.78. The number of hydrogen-bond acceptors (Lipinski definition) is 3. The summed E-state index contributed by atoms with van der Waals surface area (Å²) in [7, 11) is 0. The Hall–Kier alpha value is -1.79. The second-order valence-electron chi connectivity index (χ2n) is 6.38. The summed E-state index contributed by atoms with van der Waals surface area (Å²) < 4.78 is 43.4. The molecule has 1 aromatic rings. The Morgan fingerprint density at radius 3 is 2.64 bits per heavy atom. The molecule has 0 aliphatic carbocycles. The molecule has 4 nitrogen and oxygen atoms in total. The average molecular weight is 316 g/mol. The van der Waals surface area contributed by atoms with Gasteiger partial charge in [0, 0.05) is 25.2 Å². The third-order valence-electron chi connectivity index (χ3n) is 3.39. The van der Waals surface area contributed by atoms with Gasteiger partial charge in [-0.1, -0.05) is 0 Å². The monoisotopic (exact) mass is 316 g/mol. The molecule has 0 aromatic carbocycles. The zero-order valence-electron chi connectivity index (χ0n) is 12.8. The standard InChI is InChI=1S/C15H19F3N2O2/c1-14(2,3)22-13(21)20-7-5-11(9-20)10-4-6-19-12(8-10)15(16,17)18/h4,6,8,11H,5,7,9H2,1-3H3. The van der Waals surface area contributed by atoms with Gasteiger partial charge in [-0.15, -0.1) is 0 Å². The van der Waals surface area contributed by atoms with Crippen LogP contribution in [-0.2, 0) is 10.9 Å². The van der Waals surface area contributed by atoms with Gasteiger partial charge in [-0.3, -0.25) is 4.98 Å². The van der Waals surface area contributed by atoms with E-state index in [2.05, 4.69) is 4.98 Å². The van der Waals surface area contributed by atoms with Gasteiger partial charge in [0.25, 0.3) is 0 Å². The van der Waals surface area contributed by atoms with Gasteiger partial charge in [0.15, 0.2) is 0 Å². The quantitative estimate of drug-likeness (QED) is 0.791. The van der Waals surface area contributed by atoms with E-state index in [1.165, 1.54) is 4.90 Å². The number of rotatable bonds is 1. The van der Waals surface area contributed by atoms with Crippen molar-refractivity contribution >= 4 is 6.09 Å². The smallest absolute Gasteiger partial charge is 0.433 e. The predicted octanol–water partition coefficient (Wildman–Crippen LogP) is 3.82. The van der Waals surface area contributed by atoms with Crippen molar-refractivity contribution in [3.8, 4) is 0 Å². The predicted molar refractivity (Wildman–Crippen MR) is 74.4 cm³/mol. The second-order valence-corrected chi connectivity index (χ2v) is 6.38. The van der Waals surface area contributed by atoms with Gasteiger partial charge in [0.2, 0.25) is 0 Å². The van der Waals surface area contributed by atoms with E-state index in [1.54, 1.807) is 26.8 Å². The summed E-state index contributed by atoms with van der Waals surface area (Å²) in [5.41, 5.74) is -0.941. The summed E-state index contributed by atoms with van der Waals surface area (Å²) in [6.45, 7) is 6.16. The largest absolute Gasteiger partial charge is 0.444 e. The number of ether oxygens (including phenoxy) is 1. The highest BCUT2D eigenvalue weighted by atomic mass is 19.4. The molecule has 22 heavy (non-hydrogen) atoms. The van der Waals surface area contributed by atoms with Crippen molar-refractivity contribution in [2.24, 2.45) is 0 Å². The molecule has 1 atom stereocenters. The first-order valence-electron chi connectivity index (χ1n) is 7.07. The van der Waals surface area contributed by atoms with Crippen LogP contribution in [0.3, 0.4) is 0 Å². The number of amides is 1. The Morgan fingerprint density at radius 1 is 1.36 bits per heavy atom. The van der Waals surface area contributed by atoms with E-state index < -0.39 is 23.6 Å². The van der Waals surface area contributed by atoms with Crippen LogP contribution in [0.4, 0.5) is 18.0 Å². The topological polar surface area (TPSA) is 42.4 Å². The molecule has 0 saturated carbocycles. The minimum Gasteiger partial charge on any atom is -0.444 e. The number of likely N-dealkylation sites (tertiary alicyclic amines) is 1. The lowest BCUT2D eigenvalue weighted by molar-refractivity contribution is -0.141. The molecule has 0 N–H and O–H groups in total. The van der Waals surface area contributed by atoms with Crippen LogP contribution in [0.5, 0.6) is 0 Å². The van der Waals surface area contributed by atoms with Crippen LogP contribution in [0, 0.1) is 0 Å². The number of carbonyl (C=O) groups excluding carboxylic acids is 1. The molecular weight excluding hydrogens is 297 g/mol.